The fourth-order valence-corrected chi connectivity index (χ4v) is 3.30. The first kappa shape index (κ1) is 19.7. The summed E-state index contributed by atoms with van der Waals surface area (Å²) in [6.07, 6.45) is 1.69. The molecule has 1 aliphatic heterocycles. The monoisotopic (exact) mass is 438 g/mol. The Kier molecular flexibility index (Phi) is 5.02. The lowest BCUT2D eigenvalue weighted by molar-refractivity contribution is -0.121. The summed E-state index contributed by atoms with van der Waals surface area (Å²) in [5, 5.41) is 6.63. The van der Waals surface area contributed by atoms with Crippen molar-refractivity contribution in [2.75, 3.05) is 6.79 Å². The van der Waals surface area contributed by atoms with E-state index in [0.717, 1.165) is 12.1 Å². The standard InChI is InChI=1S/C22H16F2N4O4/c23-15-5-3-14(16(24)9-15)10-25-20(29)11-28-7-1-2-17(28)22-26-21(27-32-22)13-4-6-18-19(8-13)31-12-30-18/h1-9H,10-12H2,(H,25,29). The molecular formula is C22H16F2N4O4. The van der Waals surface area contributed by atoms with E-state index in [2.05, 4.69) is 15.5 Å². The Morgan fingerprint density at radius 2 is 1.97 bits per heavy atom. The number of rotatable bonds is 6. The zero-order valence-electron chi connectivity index (χ0n) is 16.5. The van der Waals surface area contributed by atoms with E-state index in [1.54, 1.807) is 41.1 Å². The minimum atomic E-state index is -0.714. The summed E-state index contributed by atoms with van der Waals surface area (Å²) in [6, 6.07) is 12.0. The van der Waals surface area contributed by atoms with Gasteiger partial charge in [-0.05, 0) is 36.4 Å². The van der Waals surface area contributed by atoms with E-state index in [9.17, 15) is 13.6 Å². The molecule has 3 heterocycles. The minimum Gasteiger partial charge on any atom is -0.454 e. The van der Waals surface area contributed by atoms with Crippen LogP contribution in [0, 0.1) is 11.6 Å². The van der Waals surface area contributed by atoms with Crippen LogP contribution in [0.5, 0.6) is 11.5 Å². The average Bonchev–Trinajstić information content (AvgIpc) is 3.52. The smallest absolute Gasteiger partial charge is 0.274 e. The first-order chi connectivity index (χ1) is 15.6. The SMILES string of the molecule is O=C(Cn1cccc1-c1nc(-c2ccc3c(c2)OCO3)no1)NCc1ccc(F)cc1F. The van der Waals surface area contributed by atoms with Gasteiger partial charge in [0.1, 0.15) is 23.9 Å². The molecule has 0 radical (unpaired) electrons. The summed E-state index contributed by atoms with van der Waals surface area (Å²) in [7, 11) is 0. The van der Waals surface area contributed by atoms with Gasteiger partial charge in [0.2, 0.25) is 18.5 Å². The molecule has 8 nitrogen and oxygen atoms in total. The van der Waals surface area contributed by atoms with Gasteiger partial charge < -0.3 is 23.9 Å². The van der Waals surface area contributed by atoms with Crippen molar-refractivity contribution < 1.29 is 27.6 Å². The Morgan fingerprint density at radius 1 is 1.09 bits per heavy atom. The Morgan fingerprint density at radius 3 is 2.84 bits per heavy atom. The molecule has 4 aromatic rings. The second-order valence-corrected chi connectivity index (χ2v) is 7.02. The quantitative estimate of drug-likeness (QED) is 0.495. The van der Waals surface area contributed by atoms with Crippen LogP contribution in [0.2, 0.25) is 0 Å². The Balaban J connectivity index is 1.28. The average molecular weight is 438 g/mol. The third kappa shape index (κ3) is 3.89. The molecule has 10 heteroatoms. The highest BCUT2D eigenvalue weighted by Crippen LogP contribution is 2.35. The number of aromatic nitrogens is 3. The zero-order valence-corrected chi connectivity index (χ0v) is 16.5. The van der Waals surface area contributed by atoms with Crippen molar-refractivity contribution in [2.24, 2.45) is 0 Å². The van der Waals surface area contributed by atoms with E-state index < -0.39 is 11.6 Å². The van der Waals surface area contributed by atoms with Gasteiger partial charge in [0.25, 0.3) is 5.89 Å². The van der Waals surface area contributed by atoms with Crippen molar-refractivity contribution in [3.05, 3.63) is 71.9 Å². The first-order valence-corrected chi connectivity index (χ1v) is 9.67. The van der Waals surface area contributed by atoms with Crippen molar-refractivity contribution in [3.63, 3.8) is 0 Å². The molecule has 162 valence electrons. The van der Waals surface area contributed by atoms with E-state index in [1.165, 1.54) is 6.07 Å². The predicted molar refractivity (Wildman–Crippen MR) is 107 cm³/mol. The Labute approximate surface area is 180 Å². The fraction of sp³-hybridized carbons (Fsp3) is 0.136. The summed E-state index contributed by atoms with van der Waals surface area (Å²) >= 11 is 0. The molecule has 0 atom stereocenters. The van der Waals surface area contributed by atoms with Gasteiger partial charge in [-0.25, -0.2) is 8.78 Å². The minimum absolute atomic E-state index is 0.0487. The number of fused-ring (bicyclic) bond motifs is 1. The first-order valence-electron chi connectivity index (χ1n) is 9.67. The zero-order chi connectivity index (χ0) is 22.1. The van der Waals surface area contributed by atoms with Crippen LogP contribution in [0.25, 0.3) is 23.0 Å². The molecule has 0 unspecified atom stereocenters. The maximum Gasteiger partial charge on any atom is 0.274 e. The molecule has 0 bridgehead atoms. The highest BCUT2D eigenvalue weighted by atomic mass is 19.1. The second kappa shape index (κ2) is 8.14. The second-order valence-electron chi connectivity index (χ2n) is 7.02. The van der Waals surface area contributed by atoms with E-state index >= 15 is 0 Å². The highest BCUT2D eigenvalue weighted by molar-refractivity contribution is 5.76. The third-order valence-electron chi connectivity index (χ3n) is 4.91. The number of amides is 1. The number of hydrogen-bond donors (Lipinski definition) is 1. The number of hydrogen-bond acceptors (Lipinski definition) is 6. The lowest BCUT2D eigenvalue weighted by Crippen LogP contribution is -2.27. The van der Waals surface area contributed by atoms with Crippen molar-refractivity contribution in [1.82, 2.24) is 20.0 Å². The van der Waals surface area contributed by atoms with Gasteiger partial charge in [-0.3, -0.25) is 4.79 Å². The third-order valence-corrected chi connectivity index (χ3v) is 4.91. The van der Waals surface area contributed by atoms with Gasteiger partial charge in [-0.2, -0.15) is 4.98 Å². The molecular weight excluding hydrogens is 422 g/mol. The van der Waals surface area contributed by atoms with E-state index in [0.29, 0.717) is 28.6 Å². The molecule has 5 rings (SSSR count). The summed E-state index contributed by atoms with van der Waals surface area (Å²) in [4.78, 5) is 16.8. The Hall–Kier alpha value is -4.21. The van der Waals surface area contributed by atoms with Crippen LogP contribution in [-0.2, 0) is 17.9 Å². The predicted octanol–water partition coefficient (Wildman–Crippen LogP) is 3.53. The summed E-state index contributed by atoms with van der Waals surface area (Å²) in [5.41, 5.74) is 1.44. The van der Waals surface area contributed by atoms with Gasteiger partial charge in [0.05, 0.1) is 0 Å². The van der Waals surface area contributed by atoms with Crippen LogP contribution in [-0.4, -0.2) is 27.4 Å². The van der Waals surface area contributed by atoms with Gasteiger partial charge >= 0.3 is 0 Å². The summed E-state index contributed by atoms with van der Waals surface area (Å²) in [5.74, 6) is 0.108. The van der Waals surface area contributed by atoms with Crippen LogP contribution >= 0.6 is 0 Å². The van der Waals surface area contributed by atoms with Crippen molar-refractivity contribution in [2.45, 2.75) is 13.1 Å². The number of nitrogens with zero attached hydrogens (tertiary/aromatic N) is 3. The van der Waals surface area contributed by atoms with Crippen molar-refractivity contribution in [1.29, 1.82) is 0 Å². The number of ether oxygens (including phenoxy) is 2. The molecule has 0 spiro atoms. The fourth-order valence-electron chi connectivity index (χ4n) is 3.30. The van der Waals surface area contributed by atoms with Crippen LogP contribution in [0.4, 0.5) is 8.78 Å². The molecule has 2 aromatic carbocycles. The lowest BCUT2D eigenvalue weighted by atomic mass is 10.2. The highest BCUT2D eigenvalue weighted by Gasteiger charge is 2.19. The van der Waals surface area contributed by atoms with Crippen LogP contribution in [0.3, 0.4) is 0 Å². The summed E-state index contributed by atoms with van der Waals surface area (Å²) < 4.78 is 44.4. The molecule has 0 saturated heterocycles. The van der Waals surface area contributed by atoms with Crippen LogP contribution < -0.4 is 14.8 Å². The molecule has 1 aliphatic rings. The largest absolute Gasteiger partial charge is 0.454 e. The maximum absolute atomic E-state index is 13.7. The number of carbonyl (C=O) groups is 1. The van der Waals surface area contributed by atoms with E-state index in [-0.39, 0.29) is 37.2 Å². The normalized spacial score (nSPS) is 12.2. The van der Waals surface area contributed by atoms with Crippen molar-refractivity contribution in [3.8, 4) is 34.5 Å². The van der Waals surface area contributed by atoms with Gasteiger partial charge in [-0.1, -0.05) is 11.2 Å². The van der Waals surface area contributed by atoms with Crippen LogP contribution in [0.15, 0.2) is 59.3 Å². The van der Waals surface area contributed by atoms with Crippen molar-refractivity contribution >= 4 is 5.91 Å². The molecule has 0 saturated carbocycles. The molecule has 1 N–H and O–H groups in total. The topological polar surface area (TPSA) is 91.4 Å². The Bertz CT molecular complexity index is 1300. The molecule has 0 aliphatic carbocycles. The van der Waals surface area contributed by atoms with Gasteiger partial charge in [-0.15, -0.1) is 0 Å². The summed E-state index contributed by atoms with van der Waals surface area (Å²) in [6.45, 7) is 0.0584. The molecule has 32 heavy (non-hydrogen) atoms. The van der Waals surface area contributed by atoms with Gasteiger partial charge in [0, 0.05) is 29.9 Å². The number of carbonyl (C=O) groups excluding carboxylic acids is 1. The number of halogens is 2. The molecule has 0 fully saturated rings. The van der Waals surface area contributed by atoms with Gasteiger partial charge in [0.15, 0.2) is 11.5 Å². The van der Waals surface area contributed by atoms with Crippen LogP contribution in [0.1, 0.15) is 5.56 Å². The maximum atomic E-state index is 13.7. The van der Waals surface area contributed by atoms with E-state index in [4.69, 9.17) is 14.0 Å². The molecule has 2 aromatic heterocycles. The van der Waals surface area contributed by atoms with E-state index in [1.807, 2.05) is 0 Å². The molecule has 1 amide bonds. The number of benzene rings is 2. The lowest BCUT2D eigenvalue weighted by Gasteiger charge is -2.09. The number of nitrogens with one attached hydrogen (secondary N) is 1.